The molecule has 0 amide bonds. The Labute approximate surface area is 84.5 Å². The molecule has 1 aliphatic rings. The van der Waals surface area contributed by atoms with Crippen molar-refractivity contribution in [3.05, 3.63) is 12.7 Å². The number of hydrogen-bond donors (Lipinski definition) is 1. The van der Waals surface area contributed by atoms with Crippen molar-refractivity contribution in [3.63, 3.8) is 0 Å². The fraction of sp³-hybridized carbons (Fsp3) is 0.800. The third-order valence-corrected chi connectivity index (χ3v) is 3.71. The lowest BCUT2D eigenvalue weighted by Gasteiger charge is -2.30. The molecule has 1 aliphatic carbocycles. The standard InChI is InChI=1S/C10H18N4/c1-10(2)8(3-4-9(10)11)5-14-7-12-6-13-14/h6-9H,3-5,11H2,1-2H3/t8-,9-/m0/s1. The summed E-state index contributed by atoms with van der Waals surface area (Å²) < 4.78 is 1.91. The molecule has 1 heterocycles. The maximum atomic E-state index is 6.09. The highest BCUT2D eigenvalue weighted by Gasteiger charge is 2.40. The van der Waals surface area contributed by atoms with E-state index in [0.717, 1.165) is 13.0 Å². The van der Waals surface area contributed by atoms with Gasteiger partial charge in [-0.15, -0.1) is 0 Å². The Balaban J connectivity index is 2.06. The van der Waals surface area contributed by atoms with Gasteiger partial charge in [0.1, 0.15) is 12.7 Å². The smallest absolute Gasteiger partial charge is 0.137 e. The van der Waals surface area contributed by atoms with E-state index in [1.165, 1.54) is 6.42 Å². The summed E-state index contributed by atoms with van der Waals surface area (Å²) in [5, 5.41) is 4.14. The molecule has 78 valence electrons. The summed E-state index contributed by atoms with van der Waals surface area (Å²) in [6.07, 6.45) is 5.70. The SMILES string of the molecule is CC1(C)[C@H](Cn2cncn2)CC[C@@H]1N. The molecule has 4 heteroatoms. The highest BCUT2D eigenvalue weighted by atomic mass is 15.3. The van der Waals surface area contributed by atoms with Crippen LogP contribution in [0.2, 0.25) is 0 Å². The molecule has 0 spiro atoms. The van der Waals surface area contributed by atoms with Gasteiger partial charge in [-0.2, -0.15) is 5.10 Å². The van der Waals surface area contributed by atoms with E-state index in [2.05, 4.69) is 23.9 Å². The molecule has 4 nitrogen and oxygen atoms in total. The molecule has 2 N–H and O–H groups in total. The Bertz CT molecular complexity index is 291. The first-order valence-electron chi connectivity index (χ1n) is 5.18. The average Bonchev–Trinajstić information content (AvgIpc) is 2.70. The predicted molar refractivity (Wildman–Crippen MR) is 54.5 cm³/mol. The quantitative estimate of drug-likeness (QED) is 0.765. The number of aromatic nitrogens is 3. The van der Waals surface area contributed by atoms with Crippen LogP contribution >= 0.6 is 0 Å². The number of nitrogens with two attached hydrogens (primary N) is 1. The van der Waals surface area contributed by atoms with Gasteiger partial charge in [0.25, 0.3) is 0 Å². The van der Waals surface area contributed by atoms with Crippen molar-refractivity contribution in [1.29, 1.82) is 0 Å². The summed E-state index contributed by atoms with van der Waals surface area (Å²) in [6.45, 7) is 5.46. The Morgan fingerprint density at radius 1 is 1.50 bits per heavy atom. The van der Waals surface area contributed by atoms with Crippen LogP contribution in [-0.2, 0) is 6.54 Å². The maximum Gasteiger partial charge on any atom is 0.137 e. The minimum Gasteiger partial charge on any atom is -0.327 e. The number of rotatable bonds is 2. The fourth-order valence-electron chi connectivity index (χ4n) is 2.31. The third kappa shape index (κ3) is 1.54. The topological polar surface area (TPSA) is 56.7 Å². The van der Waals surface area contributed by atoms with E-state index < -0.39 is 0 Å². The Morgan fingerprint density at radius 2 is 2.29 bits per heavy atom. The van der Waals surface area contributed by atoms with E-state index in [-0.39, 0.29) is 5.41 Å². The van der Waals surface area contributed by atoms with Crippen LogP contribution in [0, 0.1) is 11.3 Å². The minimum atomic E-state index is 0.228. The summed E-state index contributed by atoms with van der Waals surface area (Å²) in [7, 11) is 0. The lowest BCUT2D eigenvalue weighted by molar-refractivity contribution is 0.204. The molecule has 0 radical (unpaired) electrons. The van der Waals surface area contributed by atoms with Gasteiger partial charge in [0.15, 0.2) is 0 Å². The van der Waals surface area contributed by atoms with Crippen LogP contribution < -0.4 is 5.73 Å². The van der Waals surface area contributed by atoms with E-state index >= 15 is 0 Å². The second-order valence-corrected chi connectivity index (χ2v) is 4.82. The molecule has 2 atom stereocenters. The van der Waals surface area contributed by atoms with E-state index in [4.69, 9.17) is 5.73 Å². The Hall–Kier alpha value is -0.900. The first kappa shape index (κ1) is 9.65. The highest BCUT2D eigenvalue weighted by Crippen LogP contribution is 2.42. The molecule has 0 bridgehead atoms. The highest BCUT2D eigenvalue weighted by molar-refractivity contribution is 4.94. The van der Waals surface area contributed by atoms with Crippen LogP contribution in [0.4, 0.5) is 0 Å². The molecule has 1 fully saturated rings. The zero-order chi connectivity index (χ0) is 10.2. The molecule has 0 saturated heterocycles. The summed E-state index contributed by atoms with van der Waals surface area (Å²) in [4.78, 5) is 3.95. The summed E-state index contributed by atoms with van der Waals surface area (Å²) in [6, 6.07) is 0.330. The molecular weight excluding hydrogens is 176 g/mol. The van der Waals surface area contributed by atoms with Crippen molar-refractivity contribution in [2.24, 2.45) is 17.1 Å². The molecule has 1 saturated carbocycles. The molecule has 0 aromatic carbocycles. The van der Waals surface area contributed by atoms with Crippen molar-refractivity contribution < 1.29 is 0 Å². The fourth-order valence-corrected chi connectivity index (χ4v) is 2.31. The number of hydrogen-bond acceptors (Lipinski definition) is 3. The molecule has 0 aliphatic heterocycles. The van der Waals surface area contributed by atoms with E-state index in [0.29, 0.717) is 12.0 Å². The van der Waals surface area contributed by atoms with Gasteiger partial charge < -0.3 is 5.73 Å². The van der Waals surface area contributed by atoms with E-state index in [1.54, 1.807) is 12.7 Å². The van der Waals surface area contributed by atoms with Gasteiger partial charge in [-0.25, -0.2) is 4.98 Å². The zero-order valence-electron chi connectivity index (χ0n) is 8.85. The average molecular weight is 194 g/mol. The normalized spacial score (nSPS) is 30.8. The molecule has 2 rings (SSSR count). The van der Waals surface area contributed by atoms with Crippen LogP contribution in [0.25, 0.3) is 0 Å². The Kier molecular flexibility index (Phi) is 2.31. The summed E-state index contributed by atoms with van der Waals surface area (Å²) >= 11 is 0. The Morgan fingerprint density at radius 3 is 2.79 bits per heavy atom. The first-order chi connectivity index (χ1) is 6.60. The lowest BCUT2D eigenvalue weighted by Crippen LogP contribution is -2.37. The van der Waals surface area contributed by atoms with Crippen molar-refractivity contribution in [2.45, 2.75) is 39.3 Å². The molecular formula is C10H18N4. The third-order valence-electron chi connectivity index (χ3n) is 3.71. The maximum absolute atomic E-state index is 6.09. The van der Waals surface area contributed by atoms with Gasteiger partial charge in [-0.1, -0.05) is 13.8 Å². The van der Waals surface area contributed by atoms with Crippen LogP contribution in [-0.4, -0.2) is 20.8 Å². The summed E-state index contributed by atoms with van der Waals surface area (Å²) in [5.74, 6) is 0.624. The second kappa shape index (κ2) is 3.35. The molecule has 1 aromatic heterocycles. The van der Waals surface area contributed by atoms with E-state index in [9.17, 15) is 0 Å². The second-order valence-electron chi connectivity index (χ2n) is 4.82. The zero-order valence-corrected chi connectivity index (χ0v) is 8.85. The van der Waals surface area contributed by atoms with Gasteiger partial charge in [0, 0.05) is 12.6 Å². The van der Waals surface area contributed by atoms with Gasteiger partial charge in [0.2, 0.25) is 0 Å². The van der Waals surface area contributed by atoms with Gasteiger partial charge >= 0.3 is 0 Å². The van der Waals surface area contributed by atoms with Crippen molar-refractivity contribution in [3.8, 4) is 0 Å². The largest absolute Gasteiger partial charge is 0.327 e. The monoisotopic (exact) mass is 194 g/mol. The summed E-state index contributed by atoms with van der Waals surface area (Å²) in [5.41, 5.74) is 6.31. The molecule has 1 aromatic rings. The van der Waals surface area contributed by atoms with Gasteiger partial charge in [0.05, 0.1) is 0 Å². The van der Waals surface area contributed by atoms with Crippen LogP contribution in [0.3, 0.4) is 0 Å². The molecule has 0 unspecified atom stereocenters. The lowest BCUT2D eigenvalue weighted by atomic mass is 9.79. The van der Waals surface area contributed by atoms with Crippen molar-refractivity contribution in [1.82, 2.24) is 14.8 Å². The van der Waals surface area contributed by atoms with Gasteiger partial charge in [-0.3, -0.25) is 4.68 Å². The minimum absolute atomic E-state index is 0.228. The number of nitrogens with zero attached hydrogens (tertiary/aromatic N) is 3. The predicted octanol–water partition coefficient (Wildman–Crippen LogP) is 1.04. The van der Waals surface area contributed by atoms with Crippen molar-refractivity contribution >= 4 is 0 Å². The van der Waals surface area contributed by atoms with E-state index in [1.807, 2.05) is 4.68 Å². The van der Waals surface area contributed by atoms with Gasteiger partial charge in [-0.05, 0) is 24.2 Å². The van der Waals surface area contributed by atoms with Crippen LogP contribution in [0.15, 0.2) is 12.7 Å². The molecule has 14 heavy (non-hydrogen) atoms. The van der Waals surface area contributed by atoms with Crippen LogP contribution in [0.5, 0.6) is 0 Å². The first-order valence-corrected chi connectivity index (χ1v) is 5.18. The van der Waals surface area contributed by atoms with Crippen molar-refractivity contribution in [2.75, 3.05) is 0 Å². The van der Waals surface area contributed by atoms with Crippen LogP contribution in [0.1, 0.15) is 26.7 Å².